The van der Waals surface area contributed by atoms with Gasteiger partial charge in [-0.2, -0.15) is 13.2 Å². The predicted octanol–water partition coefficient (Wildman–Crippen LogP) is 5.39. The molecular formula is C19H27F3O. The number of carbonyl (C=O) groups excluding carboxylic acids is 1. The van der Waals surface area contributed by atoms with Crippen LogP contribution in [0, 0.1) is 40.9 Å². The van der Waals surface area contributed by atoms with Crippen molar-refractivity contribution in [3.63, 3.8) is 0 Å². The van der Waals surface area contributed by atoms with Gasteiger partial charge in [0.2, 0.25) is 0 Å². The van der Waals surface area contributed by atoms with Crippen LogP contribution >= 0.6 is 0 Å². The Balaban J connectivity index is 1.52. The van der Waals surface area contributed by atoms with Crippen molar-refractivity contribution in [2.45, 2.75) is 70.9 Å². The molecule has 0 N–H and O–H groups in total. The Morgan fingerprint density at radius 2 is 1.70 bits per heavy atom. The molecule has 4 heteroatoms. The Morgan fingerprint density at radius 1 is 0.957 bits per heavy atom. The van der Waals surface area contributed by atoms with E-state index >= 15 is 0 Å². The molecule has 0 spiro atoms. The summed E-state index contributed by atoms with van der Waals surface area (Å²) >= 11 is 0. The van der Waals surface area contributed by atoms with Crippen molar-refractivity contribution in [1.29, 1.82) is 0 Å². The van der Waals surface area contributed by atoms with Crippen LogP contribution in [0.1, 0.15) is 64.7 Å². The third kappa shape index (κ3) is 2.38. The molecule has 4 rings (SSSR count). The van der Waals surface area contributed by atoms with E-state index in [-0.39, 0.29) is 11.3 Å². The number of ketones is 1. The minimum atomic E-state index is -4.01. The third-order valence-electron chi connectivity index (χ3n) is 8.13. The van der Waals surface area contributed by atoms with E-state index in [1.54, 1.807) is 0 Å². The van der Waals surface area contributed by atoms with Gasteiger partial charge in [0.15, 0.2) is 0 Å². The van der Waals surface area contributed by atoms with Gasteiger partial charge in [0, 0.05) is 11.8 Å². The Labute approximate surface area is 136 Å². The molecule has 4 aliphatic carbocycles. The van der Waals surface area contributed by atoms with Gasteiger partial charge in [-0.3, -0.25) is 4.79 Å². The molecule has 23 heavy (non-hydrogen) atoms. The fraction of sp³-hybridized carbons (Fsp3) is 0.947. The summed E-state index contributed by atoms with van der Waals surface area (Å²) < 4.78 is 39.2. The van der Waals surface area contributed by atoms with Crippen LogP contribution < -0.4 is 0 Å². The number of hydrogen-bond acceptors (Lipinski definition) is 1. The van der Waals surface area contributed by atoms with E-state index in [2.05, 4.69) is 6.92 Å². The minimum Gasteiger partial charge on any atom is -0.299 e. The van der Waals surface area contributed by atoms with Gasteiger partial charge in [-0.15, -0.1) is 0 Å². The van der Waals surface area contributed by atoms with Gasteiger partial charge in [0.1, 0.15) is 5.78 Å². The zero-order valence-corrected chi connectivity index (χ0v) is 13.9. The lowest BCUT2D eigenvalue weighted by Crippen LogP contribution is -2.49. The zero-order valence-electron chi connectivity index (χ0n) is 13.9. The van der Waals surface area contributed by atoms with Crippen LogP contribution in [0.15, 0.2) is 0 Å². The molecule has 7 unspecified atom stereocenters. The fourth-order valence-corrected chi connectivity index (χ4v) is 6.92. The van der Waals surface area contributed by atoms with Crippen LogP contribution in [0.5, 0.6) is 0 Å². The molecule has 0 aromatic rings. The second kappa shape index (κ2) is 5.23. The van der Waals surface area contributed by atoms with E-state index in [0.29, 0.717) is 42.3 Å². The first-order valence-electron chi connectivity index (χ1n) is 9.40. The summed E-state index contributed by atoms with van der Waals surface area (Å²) in [6.45, 7) is 2.16. The molecule has 7 atom stereocenters. The highest BCUT2D eigenvalue weighted by molar-refractivity contribution is 5.87. The van der Waals surface area contributed by atoms with Crippen molar-refractivity contribution in [3.05, 3.63) is 0 Å². The molecule has 0 heterocycles. The van der Waals surface area contributed by atoms with E-state index < -0.39 is 12.1 Å². The average molecular weight is 328 g/mol. The predicted molar refractivity (Wildman–Crippen MR) is 81.7 cm³/mol. The molecule has 0 aromatic carbocycles. The summed E-state index contributed by atoms with van der Waals surface area (Å²) in [6.07, 6.45) is 3.26. The number of halogens is 3. The maximum absolute atomic E-state index is 13.1. The first-order chi connectivity index (χ1) is 10.8. The molecule has 130 valence electrons. The standard InChI is InChI=1S/C19H27F3O/c1-18-9-8-14-13-5-3-12(19(20,21)22)10-11(13)2-4-15(14)16(18)6-7-17(18)23/h11-16H,2-10H2,1H3. The molecule has 0 radical (unpaired) electrons. The zero-order chi connectivity index (χ0) is 16.4. The van der Waals surface area contributed by atoms with Gasteiger partial charge in [-0.1, -0.05) is 6.92 Å². The average Bonchev–Trinajstić information content (AvgIpc) is 2.81. The van der Waals surface area contributed by atoms with Crippen LogP contribution in [-0.2, 0) is 4.79 Å². The molecule has 0 bridgehead atoms. The Kier molecular flexibility index (Phi) is 3.63. The van der Waals surface area contributed by atoms with Crippen molar-refractivity contribution in [3.8, 4) is 0 Å². The number of Topliss-reactive ketones (excluding diaryl/α,β-unsaturated/α-hetero) is 1. The smallest absolute Gasteiger partial charge is 0.299 e. The lowest BCUT2D eigenvalue weighted by molar-refractivity contribution is -0.195. The quantitative estimate of drug-likeness (QED) is 0.583. The SMILES string of the molecule is CC12CCC3C4CCC(C(F)(F)F)CC4CCC3C1CCC2=O. The highest BCUT2D eigenvalue weighted by atomic mass is 19.4. The lowest BCUT2D eigenvalue weighted by atomic mass is 9.50. The second-order valence-electron chi connectivity index (χ2n) is 8.91. The van der Waals surface area contributed by atoms with Crippen LogP contribution in [0.2, 0.25) is 0 Å². The largest absolute Gasteiger partial charge is 0.391 e. The van der Waals surface area contributed by atoms with Gasteiger partial charge in [0.05, 0.1) is 5.92 Å². The number of fused-ring (bicyclic) bond motifs is 5. The van der Waals surface area contributed by atoms with Crippen molar-refractivity contribution < 1.29 is 18.0 Å². The first-order valence-corrected chi connectivity index (χ1v) is 9.40. The van der Waals surface area contributed by atoms with Gasteiger partial charge < -0.3 is 0 Å². The molecule has 0 aromatic heterocycles. The Morgan fingerprint density at radius 3 is 2.43 bits per heavy atom. The molecule has 4 fully saturated rings. The van der Waals surface area contributed by atoms with E-state index in [9.17, 15) is 18.0 Å². The molecular weight excluding hydrogens is 301 g/mol. The molecule has 0 amide bonds. The van der Waals surface area contributed by atoms with Crippen molar-refractivity contribution in [2.24, 2.45) is 40.9 Å². The lowest BCUT2D eigenvalue weighted by Gasteiger charge is -2.55. The maximum atomic E-state index is 13.1. The van der Waals surface area contributed by atoms with E-state index in [1.807, 2.05) is 0 Å². The van der Waals surface area contributed by atoms with Crippen LogP contribution in [-0.4, -0.2) is 12.0 Å². The van der Waals surface area contributed by atoms with E-state index in [4.69, 9.17) is 0 Å². The van der Waals surface area contributed by atoms with Crippen LogP contribution in [0.4, 0.5) is 13.2 Å². The first kappa shape index (κ1) is 16.0. The Hall–Kier alpha value is -0.540. The maximum Gasteiger partial charge on any atom is 0.391 e. The van der Waals surface area contributed by atoms with Gasteiger partial charge in [-0.05, 0) is 81.0 Å². The Bertz CT molecular complexity index is 499. The summed E-state index contributed by atoms with van der Waals surface area (Å²) in [7, 11) is 0. The molecule has 0 aliphatic heterocycles. The molecule has 1 nitrogen and oxygen atoms in total. The summed E-state index contributed by atoms with van der Waals surface area (Å²) in [5.41, 5.74) is -0.114. The van der Waals surface area contributed by atoms with Gasteiger partial charge in [0.25, 0.3) is 0 Å². The van der Waals surface area contributed by atoms with Crippen molar-refractivity contribution in [1.82, 2.24) is 0 Å². The van der Waals surface area contributed by atoms with Crippen molar-refractivity contribution in [2.75, 3.05) is 0 Å². The molecule has 4 saturated carbocycles. The van der Waals surface area contributed by atoms with Crippen LogP contribution in [0.25, 0.3) is 0 Å². The number of hydrogen-bond donors (Lipinski definition) is 0. The van der Waals surface area contributed by atoms with Crippen molar-refractivity contribution >= 4 is 5.78 Å². The summed E-state index contributed by atoms with van der Waals surface area (Å²) in [6, 6.07) is 0. The minimum absolute atomic E-state index is 0.114. The summed E-state index contributed by atoms with van der Waals surface area (Å²) in [5, 5.41) is 0. The van der Waals surface area contributed by atoms with Crippen LogP contribution in [0.3, 0.4) is 0 Å². The van der Waals surface area contributed by atoms with E-state index in [1.165, 1.54) is 0 Å². The third-order valence-corrected chi connectivity index (χ3v) is 8.13. The molecule has 0 saturated heterocycles. The van der Waals surface area contributed by atoms with Gasteiger partial charge >= 0.3 is 6.18 Å². The number of alkyl halides is 3. The topological polar surface area (TPSA) is 17.1 Å². The highest BCUT2D eigenvalue weighted by Crippen LogP contribution is 2.62. The highest BCUT2D eigenvalue weighted by Gasteiger charge is 2.57. The molecule has 4 aliphatic rings. The fourth-order valence-electron chi connectivity index (χ4n) is 6.92. The number of carbonyl (C=O) groups is 1. The monoisotopic (exact) mass is 328 g/mol. The van der Waals surface area contributed by atoms with Gasteiger partial charge in [-0.25, -0.2) is 0 Å². The normalized spacial score (nSPS) is 50.2. The van der Waals surface area contributed by atoms with E-state index in [0.717, 1.165) is 44.9 Å². The number of rotatable bonds is 0. The second-order valence-corrected chi connectivity index (χ2v) is 8.91. The summed E-state index contributed by atoms with van der Waals surface area (Å²) in [4.78, 5) is 12.3. The summed E-state index contributed by atoms with van der Waals surface area (Å²) in [5.74, 6) is 1.85.